The molecular weight excluding hydrogens is 262 g/mol. The van der Waals surface area contributed by atoms with Crippen molar-refractivity contribution in [1.82, 2.24) is 15.0 Å². The minimum atomic E-state index is 0.720. The van der Waals surface area contributed by atoms with E-state index in [1.54, 1.807) is 43.1 Å². The summed E-state index contributed by atoms with van der Waals surface area (Å²) in [5, 5.41) is 0.964. The predicted octanol–water partition coefficient (Wildman–Crippen LogP) is 2.96. The molecule has 0 amide bonds. The minimum absolute atomic E-state index is 0.720. The molecule has 4 nitrogen and oxygen atoms in total. The summed E-state index contributed by atoms with van der Waals surface area (Å²) >= 11 is 0. The van der Waals surface area contributed by atoms with Gasteiger partial charge in [-0.3, -0.25) is 4.98 Å². The fourth-order valence-electron chi connectivity index (χ4n) is 1.77. The number of hydrogen-bond donors (Lipinski definition) is 0. The lowest BCUT2D eigenvalue weighted by Gasteiger charge is -1.93. The summed E-state index contributed by atoms with van der Waals surface area (Å²) in [6.45, 7) is 0. The third-order valence-corrected chi connectivity index (χ3v) is 2.77. The second-order valence-electron chi connectivity index (χ2n) is 4.29. The highest BCUT2D eigenvalue weighted by Gasteiger charge is 1.97. The van der Waals surface area contributed by atoms with Crippen LogP contribution < -0.4 is 5.22 Å². The molecule has 0 aliphatic heterocycles. The number of nitrogens with zero attached hydrogens (tertiary/aromatic N) is 3. The Morgan fingerprint density at radius 3 is 2.71 bits per heavy atom. The van der Waals surface area contributed by atoms with Crippen molar-refractivity contribution in [3.8, 4) is 0 Å². The van der Waals surface area contributed by atoms with E-state index in [0.717, 1.165) is 22.1 Å². The van der Waals surface area contributed by atoms with E-state index in [1.165, 1.54) is 0 Å². The van der Waals surface area contributed by atoms with E-state index in [1.807, 2.05) is 36.4 Å². The van der Waals surface area contributed by atoms with E-state index >= 15 is 0 Å². The molecule has 0 aromatic carbocycles. The molecule has 3 aromatic rings. The Morgan fingerprint density at radius 2 is 1.81 bits per heavy atom. The lowest BCUT2D eigenvalue weighted by molar-refractivity contribution is 0.554. The molecule has 0 atom stereocenters. The maximum Gasteiger partial charge on any atom is 0.155 e. The van der Waals surface area contributed by atoms with E-state index in [2.05, 4.69) is 15.0 Å². The monoisotopic (exact) mass is 275 g/mol. The molecular formula is C17H13N3O. The minimum Gasteiger partial charge on any atom is -0.473 e. The second-order valence-corrected chi connectivity index (χ2v) is 4.29. The zero-order chi connectivity index (χ0) is 14.3. The van der Waals surface area contributed by atoms with Crippen LogP contribution in [0.1, 0.15) is 5.69 Å². The third-order valence-electron chi connectivity index (χ3n) is 2.77. The van der Waals surface area contributed by atoms with Crippen LogP contribution in [0.3, 0.4) is 0 Å². The van der Waals surface area contributed by atoms with Gasteiger partial charge in [-0.05, 0) is 30.3 Å². The SMILES string of the molecule is C1=Cc2nc3cc(ccccoccccncc2=C1)n3. The summed E-state index contributed by atoms with van der Waals surface area (Å²) in [5.74, 6) is 0. The molecule has 0 fully saturated rings. The standard InChI is InChI=1S/C17H13N3O/c1-3-10-21-11-4-2-9-18-13-14-6-5-8-16(14)20-17-12-15(7-1)19-17/h1-13H. The molecule has 0 saturated heterocycles. The summed E-state index contributed by atoms with van der Waals surface area (Å²) in [4.78, 5) is 13.0. The summed E-state index contributed by atoms with van der Waals surface area (Å²) in [7, 11) is 0. The van der Waals surface area contributed by atoms with Crippen molar-refractivity contribution in [2.24, 2.45) is 0 Å². The number of fused-ring (bicyclic) bond motifs is 10. The summed E-state index contributed by atoms with van der Waals surface area (Å²) < 4.78 is 5.16. The summed E-state index contributed by atoms with van der Waals surface area (Å²) in [6, 6.07) is 11.0. The van der Waals surface area contributed by atoms with Gasteiger partial charge in [0.2, 0.25) is 0 Å². The average Bonchev–Trinajstić information content (AvgIpc) is 2.88. The number of allylic oxidation sites excluding steroid dienone is 1. The first-order chi connectivity index (χ1) is 10.4. The summed E-state index contributed by atoms with van der Waals surface area (Å²) in [6.07, 6.45) is 12.5. The molecule has 21 heavy (non-hydrogen) atoms. The zero-order valence-corrected chi connectivity index (χ0v) is 11.3. The molecule has 4 rings (SSSR count). The Balaban J connectivity index is 2.14. The molecule has 4 heteroatoms. The van der Waals surface area contributed by atoms with Gasteiger partial charge in [0.05, 0.1) is 23.7 Å². The van der Waals surface area contributed by atoms with E-state index in [0.29, 0.717) is 0 Å². The fraction of sp³-hybridized carbons (Fsp3) is 0. The number of rotatable bonds is 0. The molecule has 1 aliphatic carbocycles. The highest BCUT2D eigenvalue weighted by molar-refractivity contribution is 5.67. The topological polar surface area (TPSA) is 51.8 Å². The normalized spacial score (nSPS) is 11.0. The van der Waals surface area contributed by atoms with E-state index in [-0.39, 0.29) is 0 Å². The molecule has 0 unspecified atom stereocenters. The molecule has 3 aromatic heterocycles. The van der Waals surface area contributed by atoms with Crippen molar-refractivity contribution in [2.75, 3.05) is 0 Å². The van der Waals surface area contributed by atoms with Crippen LogP contribution >= 0.6 is 0 Å². The van der Waals surface area contributed by atoms with Gasteiger partial charge in [0, 0.05) is 23.7 Å². The van der Waals surface area contributed by atoms with Crippen LogP contribution in [0.15, 0.2) is 71.8 Å². The first-order valence-electron chi connectivity index (χ1n) is 6.53. The quantitative estimate of drug-likeness (QED) is 0.741. The molecule has 2 bridgehead atoms. The van der Waals surface area contributed by atoms with Gasteiger partial charge in [-0.1, -0.05) is 18.2 Å². The Morgan fingerprint density at radius 1 is 0.952 bits per heavy atom. The van der Waals surface area contributed by atoms with Crippen LogP contribution in [0.5, 0.6) is 0 Å². The molecule has 0 spiro atoms. The largest absolute Gasteiger partial charge is 0.473 e. The average molecular weight is 275 g/mol. The Labute approximate surface area is 121 Å². The molecule has 102 valence electrons. The van der Waals surface area contributed by atoms with Gasteiger partial charge in [0.25, 0.3) is 0 Å². The Hall–Kier alpha value is -3.01. The van der Waals surface area contributed by atoms with E-state index in [9.17, 15) is 0 Å². The van der Waals surface area contributed by atoms with Crippen LogP contribution in [-0.2, 0) is 0 Å². The van der Waals surface area contributed by atoms with Gasteiger partial charge in [-0.2, -0.15) is 0 Å². The van der Waals surface area contributed by atoms with E-state index < -0.39 is 0 Å². The first kappa shape index (κ1) is 13.0. The number of hydrogen-bond acceptors (Lipinski definition) is 4. The van der Waals surface area contributed by atoms with Crippen molar-refractivity contribution >= 4 is 23.3 Å². The van der Waals surface area contributed by atoms with Gasteiger partial charge >= 0.3 is 0 Å². The Kier molecular flexibility index (Phi) is 3.98. The van der Waals surface area contributed by atoms with Crippen LogP contribution in [0.4, 0.5) is 0 Å². The van der Waals surface area contributed by atoms with Crippen molar-refractivity contribution in [3.05, 3.63) is 78.3 Å². The third kappa shape index (κ3) is 3.51. The van der Waals surface area contributed by atoms with Crippen LogP contribution in [0, 0.1) is 0 Å². The maximum absolute atomic E-state index is 5.16. The van der Waals surface area contributed by atoms with Crippen molar-refractivity contribution in [2.45, 2.75) is 0 Å². The van der Waals surface area contributed by atoms with Gasteiger partial charge < -0.3 is 4.42 Å². The highest BCUT2D eigenvalue weighted by Crippen LogP contribution is 2.05. The van der Waals surface area contributed by atoms with Crippen molar-refractivity contribution < 1.29 is 4.42 Å². The van der Waals surface area contributed by atoms with Gasteiger partial charge in [-0.15, -0.1) is 0 Å². The predicted molar refractivity (Wildman–Crippen MR) is 82.4 cm³/mol. The molecule has 0 saturated carbocycles. The fourth-order valence-corrected chi connectivity index (χ4v) is 1.77. The van der Waals surface area contributed by atoms with Gasteiger partial charge in [0.15, 0.2) is 5.65 Å². The molecule has 0 radical (unpaired) electrons. The lowest BCUT2D eigenvalue weighted by Crippen LogP contribution is -2.02. The highest BCUT2D eigenvalue weighted by atomic mass is 16.3. The first-order valence-corrected chi connectivity index (χ1v) is 6.53. The van der Waals surface area contributed by atoms with Gasteiger partial charge in [0.1, 0.15) is 0 Å². The van der Waals surface area contributed by atoms with Crippen molar-refractivity contribution in [3.63, 3.8) is 0 Å². The molecule has 1 aliphatic rings. The smallest absolute Gasteiger partial charge is 0.155 e. The van der Waals surface area contributed by atoms with Gasteiger partial charge in [-0.25, -0.2) is 9.97 Å². The Bertz CT molecular complexity index is 851. The van der Waals surface area contributed by atoms with Crippen LogP contribution in [-0.4, -0.2) is 15.0 Å². The van der Waals surface area contributed by atoms with E-state index in [4.69, 9.17) is 4.42 Å². The lowest BCUT2D eigenvalue weighted by atomic mass is 10.3. The summed E-state index contributed by atoms with van der Waals surface area (Å²) in [5.41, 5.74) is 2.48. The zero-order valence-electron chi connectivity index (χ0n) is 11.3. The second kappa shape index (κ2) is 6.43. The van der Waals surface area contributed by atoms with Crippen LogP contribution in [0.2, 0.25) is 0 Å². The maximum atomic E-state index is 5.16. The van der Waals surface area contributed by atoms with Crippen LogP contribution in [0.25, 0.3) is 23.3 Å². The number of aromatic nitrogens is 3. The molecule has 0 N–H and O–H groups in total. The molecule has 3 heterocycles. The van der Waals surface area contributed by atoms with Crippen molar-refractivity contribution in [1.29, 1.82) is 0 Å².